The molecule has 1 aliphatic rings. The maximum atomic E-state index is 12.4. The molecule has 124 valence electrons. The van der Waals surface area contributed by atoms with E-state index in [4.69, 9.17) is 4.74 Å². The average molecular weight is 325 g/mol. The second-order valence-electron chi connectivity index (χ2n) is 5.80. The molecule has 1 fully saturated rings. The first-order valence-electron chi connectivity index (χ1n) is 7.66. The monoisotopic (exact) mass is 325 g/mol. The maximum Gasteiger partial charge on any atom is 0.407 e. The predicted molar refractivity (Wildman–Crippen MR) is 92.4 cm³/mol. The highest BCUT2D eigenvalue weighted by atomic mass is 16.6. The summed E-state index contributed by atoms with van der Waals surface area (Å²) in [7, 11) is 3.86. The SMILES string of the molecule is CN(C)c1cccc(C(=O)Nc2ccc(C3CNC(=O)O3)cc2)c1. The van der Waals surface area contributed by atoms with Crippen molar-refractivity contribution in [2.75, 3.05) is 30.9 Å². The van der Waals surface area contributed by atoms with Gasteiger partial charge < -0.3 is 20.3 Å². The summed E-state index contributed by atoms with van der Waals surface area (Å²) < 4.78 is 5.13. The zero-order valence-corrected chi connectivity index (χ0v) is 13.6. The molecule has 1 aliphatic heterocycles. The van der Waals surface area contributed by atoms with Gasteiger partial charge in [-0.1, -0.05) is 18.2 Å². The Kier molecular flexibility index (Phi) is 4.37. The fourth-order valence-electron chi connectivity index (χ4n) is 2.48. The van der Waals surface area contributed by atoms with Crippen molar-refractivity contribution in [2.45, 2.75) is 6.10 Å². The Morgan fingerprint density at radius 3 is 2.58 bits per heavy atom. The van der Waals surface area contributed by atoms with Crippen molar-refractivity contribution in [3.63, 3.8) is 0 Å². The smallest absolute Gasteiger partial charge is 0.407 e. The number of benzene rings is 2. The summed E-state index contributed by atoms with van der Waals surface area (Å²) >= 11 is 0. The van der Waals surface area contributed by atoms with E-state index < -0.39 is 6.09 Å². The molecule has 1 unspecified atom stereocenters. The van der Waals surface area contributed by atoms with Gasteiger partial charge >= 0.3 is 6.09 Å². The summed E-state index contributed by atoms with van der Waals surface area (Å²) in [5.41, 5.74) is 3.14. The molecule has 1 atom stereocenters. The zero-order chi connectivity index (χ0) is 17.1. The van der Waals surface area contributed by atoms with Gasteiger partial charge in [-0.25, -0.2) is 4.79 Å². The summed E-state index contributed by atoms with van der Waals surface area (Å²) in [5.74, 6) is -0.166. The van der Waals surface area contributed by atoms with Crippen molar-refractivity contribution in [1.82, 2.24) is 5.32 Å². The minimum Gasteiger partial charge on any atom is -0.439 e. The van der Waals surface area contributed by atoms with E-state index in [0.717, 1.165) is 11.3 Å². The molecule has 3 rings (SSSR count). The van der Waals surface area contributed by atoms with Crippen LogP contribution in [0.15, 0.2) is 48.5 Å². The zero-order valence-electron chi connectivity index (χ0n) is 13.6. The number of cyclic esters (lactones) is 1. The van der Waals surface area contributed by atoms with Gasteiger partial charge in [0.05, 0.1) is 6.54 Å². The lowest BCUT2D eigenvalue weighted by Gasteiger charge is -2.14. The lowest BCUT2D eigenvalue weighted by atomic mass is 10.1. The number of carbonyl (C=O) groups excluding carboxylic acids is 2. The second-order valence-corrected chi connectivity index (χ2v) is 5.80. The lowest BCUT2D eigenvalue weighted by molar-refractivity contribution is 0.102. The van der Waals surface area contributed by atoms with Gasteiger partial charge in [-0.3, -0.25) is 4.79 Å². The number of alkyl carbamates (subject to hydrolysis) is 1. The van der Waals surface area contributed by atoms with Crippen LogP contribution >= 0.6 is 0 Å². The van der Waals surface area contributed by atoms with Crippen LogP contribution in [0.4, 0.5) is 16.2 Å². The van der Waals surface area contributed by atoms with Crippen LogP contribution in [-0.4, -0.2) is 32.6 Å². The average Bonchev–Trinajstić information content (AvgIpc) is 3.02. The fraction of sp³-hybridized carbons (Fsp3) is 0.222. The van der Waals surface area contributed by atoms with Crippen LogP contribution in [0.2, 0.25) is 0 Å². The molecule has 0 saturated carbocycles. The number of ether oxygens (including phenoxy) is 1. The quantitative estimate of drug-likeness (QED) is 0.907. The summed E-state index contributed by atoms with van der Waals surface area (Å²) in [4.78, 5) is 25.4. The normalized spacial score (nSPS) is 16.2. The van der Waals surface area contributed by atoms with Crippen LogP contribution in [-0.2, 0) is 4.74 Å². The number of anilines is 2. The van der Waals surface area contributed by atoms with E-state index in [2.05, 4.69) is 10.6 Å². The summed E-state index contributed by atoms with van der Waals surface area (Å²) in [5, 5.41) is 5.49. The third-order valence-corrected chi connectivity index (χ3v) is 3.85. The Morgan fingerprint density at radius 1 is 1.21 bits per heavy atom. The number of carbonyl (C=O) groups is 2. The Labute approximate surface area is 140 Å². The van der Waals surface area contributed by atoms with Crippen molar-refractivity contribution < 1.29 is 14.3 Å². The largest absolute Gasteiger partial charge is 0.439 e. The van der Waals surface area contributed by atoms with Gasteiger partial charge in [-0.2, -0.15) is 0 Å². The number of rotatable bonds is 4. The Morgan fingerprint density at radius 2 is 1.96 bits per heavy atom. The van der Waals surface area contributed by atoms with E-state index in [0.29, 0.717) is 17.8 Å². The van der Waals surface area contributed by atoms with Gasteiger partial charge in [0, 0.05) is 31.0 Å². The highest BCUT2D eigenvalue weighted by Gasteiger charge is 2.23. The van der Waals surface area contributed by atoms with Crippen molar-refractivity contribution in [2.24, 2.45) is 0 Å². The van der Waals surface area contributed by atoms with Crippen molar-refractivity contribution in [3.05, 3.63) is 59.7 Å². The Balaban J connectivity index is 1.68. The minimum atomic E-state index is -0.404. The molecule has 0 aromatic heterocycles. The number of nitrogens with zero attached hydrogens (tertiary/aromatic N) is 1. The molecule has 0 radical (unpaired) electrons. The van der Waals surface area contributed by atoms with Crippen LogP contribution < -0.4 is 15.5 Å². The maximum absolute atomic E-state index is 12.4. The van der Waals surface area contributed by atoms with Gasteiger partial charge in [0.1, 0.15) is 6.10 Å². The molecule has 2 amide bonds. The van der Waals surface area contributed by atoms with Crippen LogP contribution in [0.5, 0.6) is 0 Å². The van der Waals surface area contributed by atoms with Crippen LogP contribution in [0.3, 0.4) is 0 Å². The Hall–Kier alpha value is -3.02. The van der Waals surface area contributed by atoms with Gasteiger partial charge in [0.25, 0.3) is 5.91 Å². The van der Waals surface area contributed by atoms with Crippen LogP contribution in [0.1, 0.15) is 22.0 Å². The molecule has 6 heteroatoms. The topological polar surface area (TPSA) is 70.7 Å². The summed E-state index contributed by atoms with van der Waals surface area (Å²) in [6.45, 7) is 0.460. The van der Waals surface area contributed by atoms with Crippen molar-refractivity contribution >= 4 is 23.4 Å². The number of nitrogens with one attached hydrogen (secondary N) is 2. The molecule has 0 bridgehead atoms. The van der Waals surface area contributed by atoms with Gasteiger partial charge in [-0.05, 0) is 35.9 Å². The molecule has 24 heavy (non-hydrogen) atoms. The van der Waals surface area contributed by atoms with E-state index in [1.807, 2.05) is 49.3 Å². The number of amides is 2. The van der Waals surface area contributed by atoms with Gasteiger partial charge in [0.15, 0.2) is 0 Å². The predicted octanol–water partition coefficient (Wildman–Crippen LogP) is 2.79. The van der Waals surface area contributed by atoms with Crippen LogP contribution in [0.25, 0.3) is 0 Å². The summed E-state index contributed by atoms with van der Waals surface area (Å²) in [6, 6.07) is 14.7. The molecule has 1 heterocycles. The standard InChI is InChI=1S/C18H19N3O3/c1-21(2)15-5-3-4-13(10-15)17(22)20-14-8-6-12(7-9-14)16-11-19-18(23)24-16/h3-10,16H,11H2,1-2H3,(H,19,23)(H,20,22). The molecule has 2 N–H and O–H groups in total. The third kappa shape index (κ3) is 3.48. The third-order valence-electron chi connectivity index (χ3n) is 3.85. The molecular formula is C18H19N3O3. The van der Waals surface area contributed by atoms with E-state index in [1.54, 1.807) is 18.2 Å². The van der Waals surface area contributed by atoms with E-state index in [1.165, 1.54) is 0 Å². The molecule has 1 saturated heterocycles. The van der Waals surface area contributed by atoms with Gasteiger partial charge in [-0.15, -0.1) is 0 Å². The number of hydrogen-bond acceptors (Lipinski definition) is 4. The van der Waals surface area contributed by atoms with E-state index in [9.17, 15) is 9.59 Å². The first-order valence-corrected chi connectivity index (χ1v) is 7.66. The Bertz CT molecular complexity index is 756. The molecular weight excluding hydrogens is 306 g/mol. The second kappa shape index (κ2) is 6.62. The van der Waals surface area contributed by atoms with Crippen molar-refractivity contribution in [3.8, 4) is 0 Å². The molecule has 2 aromatic carbocycles. The fourth-order valence-corrected chi connectivity index (χ4v) is 2.48. The van der Waals surface area contributed by atoms with Crippen molar-refractivity contribution in [1.29, 1.82) is 0 Å². The minimum absolute atomic E-state index is 0.166. The highest BCUT2D eigenvalue weighted by Crippen LogP contribution is 2.23. The van der Waals surface area contributed by atoms with Gasteiger partial charge in [0.2, 0.25) is 0 Å². The molecule has 0 spiro atoms. The molecule has 2 aromatic rings. The first-order chi connectivity index (χ1) is 11.5. The molecule has 0 aliphatic carbocycles. The van der Waals surface area contributed by atoms with E-state index >= 15 is 0 Å². The summed E-state index contributed by atoms with van der Waals surface area (Å²) in [6.07, 6.45) is -0.683. The molecule has 6 nitrogen and oxygen atoms in total. The van der Waals surface area contributed by atoms with Crippen LogP contribution in [0, 0.1) is 0 Å². The number of hydrogen-bond donors (Lipinski definition) is 2. The first kappa shape index (κ1) is 15.9. The lowest BCUT2D eigenvalue weighted by Crippen LogP contribution is -2.14. The highest BCUT2D eigenvalue weighted by molar-refractivity contribution is 6.04. The van der Waals surface area contributed by atoms with E-state index in [-0.39, 0.29) is 12.0 Å².